The maximum absolute atomic E-state index is 12.5. The standard InChI is InChI=1S/C23H19BrN4O2/c1-28(15-18-7-2-3-11-21(18)24)23(30)27-20-10-5-8-17(13-20)22(29)26-19-9-4-6-16(12-19)14-25/h2-13H,15H2,1H3,(H,26,29)(H,27,30). The lowest BCUT2D eigenvalue weighted by molar-refractivity contribution is 0.102. The van der Waals surface area contributed by atoms with Crippen LogP contribution in [0.25, 0.3) is 0 Å². The Balaban J connectivity index is 1.65. The quantitative estimate of drug-likeness (QED) is 0.543. The van der Waals surface area contributed by atoms with E-state index in [0.29, 0.717) is 29.0 Å². The molecule has 2 N–H and O–H groups in total. The highest BCUT2D eigenvalue weighted by atomic mass is 79.9. The van der Waals surface area contributed by atoms with Crippen molar-refractivity contribution in [2.24, 2.45) is 0 Å². The summed E-state index contributed by atoms with van der Waals surface area (Å²) in [6.07, 6.45) is 0. The summed E-state index contributed by atoms with van der Waals surface area (Å²) in [6.45, 7) is 0.433. The van der Waals surface area contributed by atoms with Crippen LogP contribution in [-0.2, 0) is 6.54 Å². The second-order valence-electron chi connectivity index (χ2n) is 6.61. The van der Waals surface area contributed by atoms with Crippen LogP contribution in [0.1, 0.15) is 21.5 Å². The predicted octanol–water partition coefficient (Wildman–Crippen LogP) is 5.24. The summed E-state index contributed by atoms with van der Waals surface area (Å²) in [5, 5.41) is 14.5. The third-order valence-electron chi connectivity index (χ3n) is 4.34. The smallest absolute Gasteiger partial charge is 0.321 e. The molecule has 0 radical (unpaired) electrons. The number of nitrogens with zero attached hydrogens (tertiary/aromatic N) is 2. The van der Waals surface area contributed by atoms with E-state index in [-0.39, 0.29) is 11.9 Å². The fraction of sp³-hybridized carbons (Fsp3) is 0.0870. The highest BCUT2D eigenvalue weighted by molar-refractivity contribution is 9.10. The number of carbonyl (C=O) groups excluding carboxylic acids is 2. The van der Waals surface area contributed by atoms with Gasteiger partial charge in [-0.3, -0.25) is 4.79 Å². The molecule has 0 fully saturated rings. The second kappa shape index (κ2) is 9.72. The predicted molar refractivity (Wildman–Crippen MR) is 120 cm³/mol. The van der Waals surface area contributed by atoms with Gasteiger partial charge in [0.05, 0.1) is 11.6 Å². The van der Waals surface area contributed by atoms with Gasteiger partial charge < -0.3 is 15.5 Å². The Kier molecular flexibility index (Phi) is 6.83. The third-order valence-corrected chi connectivity index (χ3v) is 5.11. The topological polar surface area (TPSA) is 85.2 Å². The van der Waals surface area contributed by atoms with Gasteiger partial charge in [-0.1, -0.05) is 46.3 Å². The zero-order valence-electron chi connectivity index (χ0n) is 16.2. The van der Waals surface area contributed by atoms with E-state index >= 15 is 0 Å². The molecule has 0 atom stereocenters. The Morgan fingerprint density at radius 2 is 1.67 bits per heavy atom. The normalized spacial score (nSPS) is 10.0. The number of benzene rings is 3. The molecule has 3 aromatic rings. The Bertz CT molecular complexity index is 1120. The van der Waals surface area contributed by atoms with Gasteiger partial charge in [-0.15, -0.1) is 0 Å². The molecule has 6 nitrogen and oxygen atoms in total. The van der Waals surface area contributed by atoms with Crippen LogP contribution < -0.4 is 10.6 Å². The van der Waals surface area contributed by atoms with Crippen molar-refractivity contribution in [3.8, 4) is 6.07 Å². The Morgan fingerprint density at radius 3 is 2.40 bits per heavy atom. The average Bonchev–Trinajstić information content (AvgIpc) is 2.75. The molecule has 0 aliphatic carbocycles. The molecule has 0 bridgehead atoms. The first kappa shape index (κ1) is 21.1. The number of nitrogens with one attached hydrogen (secondary N) is 2. The molecule has 150 valence electrons. The van der Waals surface area contributed by atoms with Crippen molar-refractivity contribution in [2.75, 3.05) is 17.7 Å². The van der Waals surface area contributed by atoms with Crippen LogP contribution in [0, 0.1) is 11.3 Å². The number of amides is 3. The number of halogens is 1. The molecule has 0 heterocycles. The van der Waals surface area contributed by atoms with Crippen molar-refractivity contribution < 1.29 is 9.59 Å². The average molecular weight is 463 g/mol. The molecule has 0 saturated carbocycles. The fourth-order valence-corrected chi connectivity index (χ4v) is 3.19. The van der Waals surface area contributed by atoms with Gasteiger partial charge in [-0.05, 0) is 48.0 Å². The summed E-state index contributed by atoms with van der Waals surface area (Å²) in [6, 6.07) is 22.8. The first-order valence-electron chi connectivity index (χ1n) is 9.13. The number of hydrogen-bond acceptors (Lipinski definition) is 3. The van der Waals surface area contributed by atoms with Gasteiger partial charge in [0.2, 0.25) is 0 Å². The second-order valence-corrected chi connectivity index (χ2v) is 7.46. The lowest BCUT2D eigenvalue weighted by Gasteiger charge is -2.19. The zero-order chi connectivity index (χ0) is 21.5. The lowest BCUT2D eigenvalue weighted by atomic mass is 10.1. The first-order chi connectivity index (χ1) is 14.5. The first-order valence-corrected chi connectivity index (χ1v) is 9.92. The van der Waals surface area contributed by atoms with Crippen LogP contribution in [0.5, 0.6) is 0 Å². The molecule has 0 aliphatic rings. The van der Waals surface area contributed by atoms with E-state index in [0.717, 1.165) is 10.0 Å². The Morgan fingerprint density at radius 1 is 0.967 bits per heavy atom. The number of anilines is 2. The highest BCUT2D eigenvalue weighted by Crippen LogP contribution is 2.19. The monoisotopic (exact) mass is 462 g/mol. The Labute approximate surface area is 183 Å². The number of urea groups is 1. The van der Waals surface area contributed by atoms with Gasteiger partial charge in [0.1, 0.15) is 0 Å². The largest absolute Gasteiger partial charge is 0.323 e. The van der Waals surface area contributed by atoms with Crippen molar-refractivity contribution >= 4 is 39.2 Å². The van der Waals surface area contributed by atoms with Crippen LogP contribution in [0.4, 0.5) is 16.2 Å². The van der Waals surface area contributed by atoms with Gasteiger partial charge in [0.15, 0.2) is 0 Å². The molecule has 3 rings (SSSR count). The van der Waals surface area contributed by atoms with Crippen molar-refractivity contribution in [2.45, 2.75) is 6.54 Å². The van der Waals surface area contributed by atoms with Gasteiger partial charge >= 0.3 is 6.03 Å². The minimum absolute atomic E-state index is 0.287. The summed E-state index contributed by atoms with van der Waals surface area (Å²) in [5.74, 6) is -0.331. The summed E-state index contributed by atoms with van der Waals surface area (Å²) in [5.41, 5.74) is 2.88. The molecule has 0 aromatic heterocycles. The summed E-state index contributed by atoms with van der Waals surface area (Å²) in [7, 11) is 1.70. The van der Waals surface area contributed by atoms with Gasteiger partial charge in [-0.25, -0.2) is 4.79 Å². The van der Waals surface area contributed by atoms with Gasteiger partial charge in [0, 0.05) is 35.0 Å². The van der Waals surface area contributed by atoms with E-state index in [1.807, 2.05) is 30.3 Å². The van der Waals surface area contributed by atoms with Crippen LogP contribution in [-0.4, -0.2) is 23.9 Å². The van der Waals surface area contributed by atoms with Crippen LogP contribution in [0.15, 0.2) is 77.3 Å². The van der Waals surface area contributed by atoms with Crippen molar-refractivity contribution in [1.29, 1.82) is 5.26 Å². The maximum atomic E-state index is 12.5. The van der Waals surface area contributed by atoms with Crippen LogP contribution >= 0.6 is 15.9 Å². The van der Waals surface area contributed by atoms with Crippen LogP contribution in [0.2, 0.25) is 0 Å². The van der Waals surface area contributed by atoms with Crippen LogP contribution in [0.3, 0.4) is 0 Å². The molecule has 0 spiro atoms. The van der Waals surface area contributed by atoms with E-state index in [9.17, 15) is 9.59 Å². The molecule has 30 heavy (non-hydrogen) atoms. The maximum Gasteiger partial charge on any atom is 0.321 e. The zero-order valence-corrected chi connectivity index (χ0v) is 17.8. The minimum atomic E-state index is -0.331. The lowest BCUT2D eigenvalue weighted by Crippen LogP contribution is -2.31. The molecule has 3 amide bonds. The number of nitriles is 1. The molecule has 7 heteroatoms. The van der Waals surface area contributed by atoms with E-state index in [4.69, 9.17) is 5.26 Å². The van der Waals surface area contributed by atoms with Crippen molar-refractivity contribution in [3.63, 3.8) is 0 Å². The molecule has 0 saturated heterocycles. The molecule has 3 aromatic carbocycles. The minimum Gasteiger partial charge on any atom is -0.323 e. The third kappa shape index (κ3) is 5.46. The molecule has 0 unspecified atom stereocenters. The van der Waals surface area contributed by atoms with E-state index in [1.54, 1.807) is 60.5 Å². The number of carbonyl (C=O) groups is 2. The highest BCUT2D eigenvalue weighted by Gasteiger charge is 2.13. The van der Waals surface area contributed by atoms with Gasteiger partial charge in [0.25, 0.3) is 5.91 Å². The van der Waals surface area contributed by atoms with E-state index < -0.39 is 0 Å². The summed E-state index contributed by atoms with van der Waals surface area (Å²) >= 11 is 3.48. The number of hydrogen-bond donors (Lipinski definition) is 2. The van der Waals surface area contributed by atoms with E-state index in [1.165, 1.54) is 0 Å². The van der Waals surface area contributed by atoms with Gasteiger partial charge in [-0.2, -0.15) is 5.26 Å². The molecular formula is C23H19BrN4O2. The summed E-state index contributed by atoms with van der Waals surface area (Å²) < 4.78 is 0.934. The van der Waals surface area contributed by atoms with E-state index in [2.05, 4.69) is 26.6 Å². The van der Waals surface area contributed by atoms with Crippen molar-refractivity contribution in [1.82, 2.24) is 4.90 Å². The molecular weight excluding hydrogens is 444 g/mol. The molecule has 0 aliphatic heterocycles. The number of rotatable bonds is 5. The fourth-order valence-electron chi connectivity index (χ4n) is 2.78. The SMILES string of the molecule is CN(Cc1ccccc1Br)C(=O)Nc1cccc(C(=O)Nc2cccc(C#N)c2)c1. The Hall–Kier alpha value is -3.63. The summed E-state index contributed by atoms with van der Waals surface area (Å²) in [4.78, 5) is 26.6. The van der Waals surface area contributed by atoms with Crippen molar-refractivity contribution in [3.05, 3.63) is 94.0 Å².